The molecule has 140 valence electrons. The minimum Gasteiger partial charge on any atom is -0.381 e. The molecule has 0 radical (unpaired) electrons. The zero-order chi connectivity index (χ0) is 18.3. The van der Waals surface area contributed by atoms with Crippen LogP contribution in [-0.4, -0.2) is 18.6 Å². The normalized spacial score (nSPS) is 26.7. The van der Waals surface area contributed by atoms with Crippen molar-refractivity contribution in [3.8, 4) is 0 Å². The van der Waals surface area contributed by atoms with E-state index in [2.05, 4.69) is 22.8 Å². The van der Waals surface area contributed by atoms with E-state index < -0.39 is 5.79 Å². The molecular weight excluding hydrogens is 340 g/mol. The summed E-state index contributed by atoms with van der Waals surface area (Å²) in [5.41, 5.74) is 3.71. The lowest BCUT2D eigenvalue weighted by molar-refractivity contribution is -0.281. The van der Waals surface area contributed by atoms with Gasteiger partial charge in [-0.1, -0.05) is 43.2 Å². The fraction of sp³-hybridized carbons (Fsp3) is 0.409. The molecule has 0 bridgehead atoms. The predicted molar refractivity (Wildman–Crippen MR) is 103 cm³/mol. The minimum absolute atomic E-state index is 0.0869. The van der Waals surface area contributed by atoms with Crippen molar-refractivity contribution in [1.29, 1.82) is 0 Å². The molecule has 27 heavy (non-hydrogen) atoms. The lowest BCUT2D eigenvalue weighted by atomic mass is 10.0. The molecule has 5 nitrogen and oxygen atoms in total. The van der Waals surface area contributed by atoms with E-state index in [1.807, 2.05) is 36.4 Å². The number of hydrogen-bond donors (Lipinski definition) is 2. The smallest absolute Gasteiger partial charge is 0.289 e. The summed E-state index contributed by atoms with van der Waals surface area (Å²) < 4.78 is 12.2. The highest BCUT2D eigenvalue weighted by atomic mass is 16.7. The first kappa shape index (κ1) is 16.8. The SMILES string of the molecule is O=C1Nc2ccc(NCc3ccccc3)cc2[C@]12OCCC(CC1CC1)O2. The third kappa shape index (κ3) is 3.22. The van der Waals surface area contributed by atoms with Gasteiger partial charge in [0.2, 0.25) is 0 Å². The van der Waals surface area contributed by atoms with Gasteiger partial charge in [0, 0.05) is 17.8 Å². The van der Waals surface area contributed by atoms with E-state index in [0.29, 0.717) is 6.61 Å². The Morgan fingerprint density at radius 1 is 1.11 bits per heavy atom. The maximum absolute atomic E-state index is 12.8. The van der Waals surface area contributed by atoms with E-state index in [9.17, 15) is 4.79 Å². The fourth-order valence-corrected chi connectivity index (χ4v) is 3.98. The molecule has 2 fully saturated rings. The maximum Gasteiger partial charge on any atom is 0.289 e. The summed E-state index contributed by atoms with van der Waals surface area (Å²) in [4.78, 5) is 12.8. The zero-order valence-electron chi connectivity index (χ0n) is 15.2. The van der Waals surface area contributed by atoms with Gasteiger partial charge in [-0.05, 0) is 42.5 Å². The van der Waals surface area contributed by atoms with Crippen LogP contribution < -0.4 is 10.6 Å². The highest BCUT2D eigenvalue weighted by molar-refractivity contribution is 6.04. The summed E-state index contributed by atoms with van der Waals surface area (Å²) in [6.07, 6.45) is 4.53. The first-order valence-corrected chi connectivity index (χ1v) is 9.78. The summed E-state index contributed by atoms with van der Waals surface area (Å²) >= 11 is 0. The molecule has 2 N–H and O–H groups in total. The second-order valence-electron chi connectivity index (χ2n) is 7.73. The first-order valence-electron chi connectivity index (χ1n) is 9.78. The number of hydrogen-bond acceptors (Lipinski definition) is 4. The molecule has 1 amide bonds. The third-order valence-electron chi connectivity index (χ3n) is 5.63. The standard InChI is InChI=1S/C22H24N2O3/c25-21-22(26-11-10-18(27-22)12-15-6-7-15)19-13-17(8-9-20(19)24-21)23-14-16-4-2-1-3-5-16/h1-5,8-9,13,15,18,23H,6-7,10-12,14H2,(H,24,25)/t18?,22-/m1/s1. The van der Waals surface area contributed by atoms with Crippen molar-refractivity contribution in [2.75, 3.05) is 17.2 Å². The number of rotatable bonds is 5. The number of benzene rings is 2. The molecule has 1 unspecified atom stereocenters. The van der Waals surface area contributed by atoms with Crippen LogP contribution in [-0.2, 0) is 26.6 Å². The third-order valence-corrected chi connectivity index (χ3v) is 5.63. The number of carbonyl (C=O) groups excluding carboxylic acids is 1. The highest BCUT2D eigenvalue weighted by Crippen LogP contribution is 2.46. The van der Waals surface area contributed by atoms with Crippen molar-refractivity contribution in [2.24, 2.45) is 5.92 Å². The van der Waals surface area contributed by atoms with Crippen LogP contribution in [0.5, 0.6) is 0 Å². The topological polar surface area (TPSA) is 59.6 Å². The van der Waals surface area contributed by atoms with Crippen LogP contribution in [0.25, 0.3) is 0 Å². The van der Waals surface area contributed by atoms with Gasteiger partial charge < -0.3 is 20.1 Å². The molecule has 1 spiro atoms. The van der Waals surface area contributed by atoms with Crippen molar-refractivity contribution in [2.45, 2.75) is 44.1 Å². The van der Waals surface area contributed by atoms with E-state index in [4.69, 9.17) is 9.47 Å². The summed E-state index contributed by atoms with van der Waals surface area (Å²) in [6, 6.07) is 16.1. The second-order valence-corrected chi connectivity index (χ2v) is 7.73. The van der Waals surface area contributed by atoms with Crippen LogP contribution in [0.15, 0.2) is 48.5 Å². The Morgan fingerprint density at radius 2 is 1.96 bits per heavy atom. The van der Waals surface area contributed by atoms with Crippen LogP contribution in [0.1, 0.15) is 36.8 Å². The average Bonchev–Trinajstić information content (AvgIpc) is 3.47. The number of nitrogens with one attached hydrogen (secondary N) is 2. The molecule has 5 heteroatoms. The summed E-state index contributed by atoms with van der Waals surface area (Å²) in [7, 11) is 0. The molecule has 1 saturated heterocycles. The van der Waals surface area contributed by atoms with Crippen LogP contribution in [0.2, 0.25) is 0 Å². The van der Waals surface area contributed by atoms with E-state index in [1.54, 1.807) is 0 Å². The van der Waals surface area contributed by atoms with E-state index >= 15 is 0 Å². The fourth-order valence-electron chi connectivity index (χ4n) is 3.98. The summed E-state index contributed by atoms with van der Waals surface area (Å²) in [5.74, 6) is -0.747. The maximum atomic E-state index is 12.8. The number of anilines is 2. The van der Waals surface area contributed by atoms with E-state index in [-0.39, 0.29) is 12.0 Å². The molecular formula is C22H24N2O3. The van der Waals surface area contributed by atoms with E-state index in [1.165, 1.54) is 18.4 Å². The molecule has 1 saturated carbocycles. The van der Waals surface area contributed by atoms with Gasteiger partial charge in [-0.3, -0.25) is 4.79 Å². The van der Waals surface area contributed by atoms with Gasteiger partial charge in [-0.25, -0.2) is 0 Å². The lowest BCUT2D eigenvalue weighted by Crippen LogP contribution is -2.47. The monoisotopic (exact) mass is 364 g/mol. The van der Waals surface area contributed by atoms with Crippen LogP contribution in [0.4, 0.5) is 11.4 Å². The molecule has 2 heterocycles. The Kier molecular flexibility index (Phi) is 4.14. The van der Waals surface area contributed by atoms with Crippen molar-refractivity contribution in [3.05, 3.63) is 59.7 Å². The zero-order valence-corrected chi connectivity index (χ0v) is 15.2. The van der Waals surface area contributed by atoms with Gasteiger partial charge in [-0.15, -0.1) is 0 Å². The Labute approximate surface area is 159 Å². The first-order chi connectivity index (χ1) is 13.2. The Hall–Kier alpha value is -2.37. The quantitative estimate of drug-likeness (QED) is 0.842. The number of carbonyl (C=O) groups is 1. The Balaban J connectivity index is 1.38. The van der Waals surface area contributed by atoms with Crippen molar-refractivity contribution < 1.29 is 14.3 Å². The molecule has 3 aliphatic rings. The number of amides is 1. The summed E-state index contributed by atoms with van der Waals surface area (Å²) in [6.45, 7) is 1.27. The number of ether oxygens (including phenoxy) is 2. The Morgan fingerprint density at radius 3 is 2.78 bits per heavy atom. The molecule has 2 aliphatic heterocycles. The van der Waals surface area contributed by atoms with Gasteiger partial charge in [0.1, 0.15) is 0 Å². The van der Waals surface area contributed by atoms with Gasteiger partial charge in [-0.2, -0.15) is 0 Å². The van der Waals surface area contributed by atoms with Crippen molar-refractivity contribution in [1.82, 2.24) is 0 Å². The second kappa shape index (κ2) is 6.66. The highest BCUT2D eigenvalue weighted by Gasteiger charge is 2.53. The van der Waals surface area contributed by atoms with Crippen LogP contribution in [0, 0.1) is 5.92 Å². The van der Waals surface area contributed by atoms with Crippen LogP contribution >= 0.6 is 0 Å². The molecule has 0 aromatic heterocycles. The molecule has 2 aromatic rings. The van der Waals surface area contributed by atoms with Crippen LogP contribution in [0.3, 0.4) is 0 Å². The largest absolute Gasteiger partial charge is 0.381 e. The van der Waals surface area contributed by atoms with E-state index in [0.717, 1.165) is 42.2 Å². The predicted octanol–water partition coefficient (Wildman–Crippen LogP) is 4.01. The molecule has 2 atom stereocenters. The Bertz CT molecular complexity index is 850. The molecule has 2 aromatic carbocycles. The van der Waals surface area contributed by atoms with Gasteiger partial charge in [0.25, 0.3) is 11.7 Å². The average molecular weight is 364 g/mol. The van der Waals surface area contributed by atoms with Gasteiger partial charge >= 0.3 is 0 Å². The van der Waals surface area contributed by atoms with Gasteiger partial charge in [0.05, 0.1) is 18.4 Å². The van der Waals surface area contributed by atoms with Crippen molar-refractivity contribution >= 4 is 17.3 Å². The summed E-state index contributed by atoms with van der Waals surface area (Å²) in [5, 5.41) is 6.36. The minimum atomic E-state index is -1.29. The lowest BCUT2D eigenvalue weighted by Gasteiger charge is -2.37. The molecule has 5 rings (SSSR count). The molecule has 1 aliphatic carbocycles. The number of fused-ring (bicyclic) bond motifs is 2. The van der Waals surface area contributed by atoms with Gasteiger partial charge in [0.15, 0.2) is 0 Å². The van der Waals surface area contributed by atoms with Crippen molar-refractivity contribution in [3.63, 3.8) is 0 Å².